The molecule has 0 aromatic heterocycles. The van der Waals surface area contributed by atoms with Gasteiger partial charge in [-0.05, 0) is 26.6 Å². The minimum Gasteiger partial charge on any atom is -0.396 e. The molecule has 96 valence electrons. The van der Waals surface area contributed by atoms with E-state index < -0.39 is 11.6 Å². The minimum atomic E-state index is -0.583. The molecule has 0 aliphatic heterocycles. The summed E-state index contributed by atoms with van der Waals surface area (Å²) in [6, 6.07) is 3.34. The van der Waals surface area contributed by atoms with Crippen molar-refractivity contribution in [1.29, 1.82) is 0 Å². The zero-order valence-corrected chi connectivity index (χ0v) is 10.5. The Bertz CT molecular complexity index is 364. The van der Waals surface area contributed by atoms with Gasteiger partial charge in [0.1, 0.15) is 11.6 Å². The largest absolute Gasteiger partial charge is 0.396 e. The molecular formula is C13H19F2NO. The lowest BCUT2D eigenvalue weighted by Gasteiger charge is -2.31. The first-order chi connectivity index (χ1) is 8.01. The third-order valence-electron chi connectivity index (χ3n) is 3.04. The molecule has 0 amide bonds. The van der Waals surface area contributed by atoms with Gasteiger partial charge in [-0.15, -0.1) is 0 Å². The van der Waals surface area contributed by atoms with Crippen LogP contribution in [0.1, 0.15) is 24.9 Å². The van der Waals surface area contributed by atoms with Gasteiger partial charge in [-0.25, -0.2) is 8.78 Å². The van der Waals surface area contributed by atoms with Crippen LogP contribution in [0.4, 0.5) is 8.78 Å². The molecule has 0 saturated carbocycles. The molecule has 0 bridgehead atoms. The van der Waals surface area contributed by atoms with Crippen molar-refractivity contribution in [3.8, 4) is 0 Å². The van der Waals surface area contributed by atoms with Crippen molar-refractivity contribution in [3.05, 3.63) is 35.4 Å². The Hall–Kier alpha value is -1.00. The number of benzene rings is 1. The number of rotatable bonds is 5. The van der Waals surface area contributed by atoms with Gasteiger partial charge in [0.15, 0.2) is 0 Å². The summed E-state index contributed by atoms with van der Waals surface area (Å²) in [6.45, 7) is 1.93. The van der Waals surface area contributed by atoms with Crippen molar-refractivity contribution in [1.82, 2.24) is 4.90 Å². The Balaban J connectivity index is 3.13. The molecule has 1 N–H and O–H groups in total. The highest BCUT2D eigenvalue weighted by molar-refractivity contribution is 5.23. The van der Waals surface area contributed by atoms with E-state index >= 15 is 0 Å². The third kappa shape index (κ3) is 3.23. The van der Waals surface area contributed by atoms with Gasteiger partial charge in [0.05, 0.1) is 0 Å². The van der Waals surface area contributed by atoms with E-state index in [2.05, 4.69) is 0 Å². The monoisotopic (exact) mass is 243 g/mol. The van der Waals surface area contributed by atoms with Crippen LogP contribution in [0, 0.1) is 17.6 Å². The van der Waals surface area contributed by atoms with E-state index in [0.717, 1.165) is 12.5 Å². The van der Waals surface area contributed by atoms with Crippen LogP contribution in [-0.4, -0.2) is 30.7 Å². The van der Waals surface area contributed by atoms with E-state index in [4.69, 9.17) is 0 Å². The Kier molecular flexibility index (Phi) is 5.02. The van der Waals surface area contributed by atoms with Gasteiger partial charge in [0.25, 0.3) is 0 Å². The molecule has 1 rings (SSSR count). The second-order valence-corrected chi connectivity index (χ2v) is 4.43. The molecule has 1 aromatic carbocycles. The number of nitrogens with zero attached hydrogens (tertiary/aromatic N) is 1. The number of aliphatic hydroxyl groups is 1. The molecule has 1 aromatic rings. The molecule has 2 atom stereocenters. The van der Waals surface area contributed by atoms with E-state index in [1.54, 1.807) is 0 Å². The van der Waals surface area contributed by atoms with Gasteiger partial charge < -0.3 is 10.0 Å². The molecule has 0 aliphatic rings. The van der Waals surface area contributed by atoms with E-state index in [1.807, 2.05) is 25.9 Å². The standard InChI is InChI=1S/C13H19F2NO/c1-4-9(8-17)13(16(2)3)11-6-5-10(14)7-12(11)15/h5-7,9,13,17H,4,8H2,1-3H3. The van der Waals surface area contributed by atoms with Crippen LogP contribution in [-0.2, 0) is 0 Å². The van der Waals surface area contributed by atoms with Crippen molar-refractivity contribution >= 4 is 0 Å². The fourth-order valence-corrected chi connectivity index (χ4v) is 2.15. The SMILES string of the molecule is CCC(CO)C(c1ccc(F)cc1F)N(C)C. The first kappa shape index (κ1) is 14.1. The summed E-state index contributed by atoms with van der Waals surface area (Å²) in [6.07, 6.45) is 0.732. The van der Waals surface area contributed by atoms with Crippen LogP contribution in [0.5, 0.6) is 0 Å². The Morgan fingerprint density at radius 1 is 1.29 bits per heavy atom. The van der Waals surface area contributed by atoms with Crippen LogP contribution >= 0.6 is 0 Å². The van der Waals surface area contributed by atoms with Crippen molar-refractivity contribution in [3.63, 3.8) is 0 Å². The zero-order valence-electron chi connectivity index (χ0n) is 10.5. The summed E-state index contributed by atoms with van der Waals surface area (Å²) in [5.41, 5.74) is 0.428. The molecule has 0 fully saturated rings. The Morgan fingerprint density at radius 2 is 1.94 bits per heavy atom. The lowest BCUT2D eigenvalue weighted by atomic mass is 9.90. The summed E-state index contributed by atoms with van der Waals surface area (Å²) >= 11 is 0. The molecule has 0 radical (unpaired) electrons. The highest BCUT2D eigenvalue weighted by Gasteiger charge is 2.26. The van der Waals surface area contributed by atoms with E-state index in [0.29, 0.717) is 5.56 Å². The summed E-state index contributed by atoms with van der Waals surface area (Å²) in [7, 11) is 3.65. The maximum atomic E-state index is 13.7. The number of hydrogen-bond donors (Lipinski definition) is 1. The molecule has 0 saturated heterocycles. The van der Waals surface area contributed by atoms with Crippen LogP contribution in [0.15, 0.2) is 18.2 Å². The van der Waals surface area contributed by atoms with Gasteiger partial charge in [0.2, 0.25) is 0 Å². The lowest BCUT2D eigenvalue weighted by molar-refractivity contribution is 0.128. The van der Waals surface area contributed by atoms with Crippen LogP contribution < -0.4 is 0 Å². The zero-order chi connectivity index (χ0) is 13.0. The number of halogens is 2. The van der Waals surface area contributed by atoms with Gasteiger partial charge in [-0.1, -0.05) is 13.0 Å². The van der Waals surface area contributed by atoms with Gasteiger partial charge in [-0.3, -0.25) is 0 Å². The maximum absolute atomic E-state index is 13.7. The normalized spacial score (nSPS) is 15.0. The first-order valence-corrected chi connectivity index (χ1v) is 5.73. The average Bonchev–Trinajstić information content (AvgIpc) is 2.26. The quantitative estimate of drug-likeness (QED) is 0.859. The number of hydrogen-bond acceptors (Lipinski definition) is 2. The molecule has 4 heteroatoms. The second-order valence-electron chi connectivity index (χ2n) is 4.43. The Morgan fingerprint density at radius 3 is 2.35 bits per heavy atom. The van der Waals surface area contributed by atoms with Crippen molar-refractivity contribution in [2.75, 3.05) is 20.7 Å². The molecule has 17 heavy (non-hydrogen) atoms. The minimum absolute atomic E-state index is 0.0177. The van der Waals surface area contributed by atoms with Gasteiger partial charge >= 0.3 is 0 Å². The van der Waals surface area contributed by atoms with Crippen molar-refractivity contribution < 1.29 is 13.9 Å². The Labute approximate surface area is 101 Å². The maximum Gasteiger partial charge on any atom is 0.130 e. The smallest absolute Gasteiger partial charge is 0.130 e. The van der Waals surface area contributed by atoms with Crippen LogP contribution in [0.3, 0.4) is 0 Å². The summed E-state index contributed by atoms with van der Waals surface area (Å²) in [5.74, 6) is -1.21. The molecule has 0 heterocycles. The van der Waals surface area contributed by atoms with E-state index in [-0.39, 0.29) is 18.6 Å². The highest BCUT2D eigenvalue weighted by atomic mass is 19.1. The summed E-state index contributed by atoms with van der Waals surface area (Å²) < 4.78 is 26.6. The molecule has 0 aliphatic carbocycles. The van der Waals surface area contributed by atoms with E-state index in [1.165, 1.54) is 12.1 Å². The molecule has 2 nitrogen and oxygen atoms in total. The molecule has 0 spiro atoms. The van der Waals surface area contributed by atoms with E-state index in [9.17, 15) is 13.9 Å². The first-order valence-electron chi connectivity index (χ1n) is 5.73. The fraction of sp³-hybridized carbons (Fsp3) is 0.538. The van der Waals surface area contributed by atoms with Crippen molar-refractivity contribution in [2.24, 2.45) is 5.92 Å². The third-order valence-corrected chi connectivity index (χ3v) is 3.04. The average molecular weight is 243 g/mol. The van der Waals surface area contributed by atoms with Gasteiger partial charge in [-0.2, -0.15) is 0 Å². The van der Waals surface area contributed by atoms with Crippen LogP contribution in [0.2, 0.25) is 0 Å². The predicted octanol–water partition coefficient (Wildman–Crippen LogP) is 2.59. The van der Waals surface area contributed by atoms with Crippen LogP contribution in [0.25, 0.3) is 0 Å². The fourth-order valence-electron chi connectivity index (χ4n) is 2.15. The van der Waals surface area contributed by atoms with Crippen molar-refractivity contribution in [2.45, 2.75) is 19.4 Å². The summed E-state index contributed by atoms with van der Waals surface area (Å²) in [5, 5.41) is 9.33. The lowest BCUT2D eigenvalue weighted by Crippen LogP contribution is -2.30. The highest BCUT2D eigenvalue weighted by Crippen LogP contribution is 2.30. The molecule has 2 unspecified atom stereocenters. The second kappa shape index (κ2) is 6.07. The molecular weight excluding hydrogens is 224 g/mol. The topological polar surface area (TPSA) is 23.5 Å². The summed E-state index contributed by atoms with van der Waals surface area (Å²) in [4.78, 5) is 1.85. The number of aliphatic hydroxyl groups excluding tert-OH is 1. The predicted molar refractivity (Wildman–Crippen MR) is 63.7 cm³/mol. The van der Waals surface area contributed by atoms with Gasteiger partial charge in [0, 0.05) is 30.2 Å².